The molecule has 3 amide bonds. The van der Waals surface area contributed by atoms with Crippen molar-refractivity contribution in [3.63, 3.8) is 0 Å². The van der Waals surface area contributed by atoms with E-state index in [1.165, 1.54) is 25.3 Å². The number of rotatable bonds is 8. The van der Waals surface area contributed by atoms with Gasteiger partial charge in [-0.2, -0.15) is 0 Å². The molecule has 1 atom stereocenters. The van der Waals surface area contributed by atoms with Gasteiger partial charge in [-0.05, 0) is 36.8 Å². The van der Waals surface area contributed by atoms with Gasteiger partial charge in [0.2, 0.25) is 5.91 Å². The number of halogens is 1. The predicted molar refractivity (Wildman–Crippen MR) is 118 cm³/mol. The number of amides is 3. The standard InChI is InChI=1S/C22H23FN2O7S/c1-5-32-18-10-13(6-9-17(18)31-3)16(11-33(4,29)30)25-21(27)14-7-8-15(23)20(24-12(2)26)19(14)22(25)28/h6-10,16H,5,11H2,1-4H3,(H,24,26). The number of imide groups is 1. The minimum Gasteiger partial charge on any atom is -0.493 e. The molecule has 3 rings (SSSR count). The zero-order chi connectivity index (χ0) is 24.5. The lowest BCUT2D eigenvalue weighted by Gasteiger charge is -2.27. The van der Waals surface area contributed by atoms with Crippen LogP contribution in [0.5, 0.6) is 11.5 Å². The Morgan fingerprint density at radius 3 is 2.42 bits per heavy atom. The molecule has 176 valence electrons. The number of anilines is 1. The normalized spacial score (nSPS) is 14.2. The minimum atomic E-state index is -3.68. The summed E-state index contributed by atoms with van der Waals surface area (Å²) in [5.41, 5.74) is -0.584. The molecule has 11 heteroatoms. The maximum Gasteiger partial charge on any atom is 0.264 e. The molecule has 1 N–H and O–H groups in total. The van der Waals surface area contributed by atoms with Crippen molar-refractivity contribution in [1.82, 2.24) is 4.90 Å². The quantitative estimate of drug-likeness (QED) is 0.579. The first-order chi connectivity index (χ1) is 15.5. The second kappa shape index (κ2) is 9.18. The summed E-state index contributed by atoms with van der Waals surface area (Å²) in [4.78, 5) is 38.9. The number of methoxy groups -OCH3 is 1. The van der Waals surface area contributed by atoms with Crippen LogP contribution in [0, 0.1) is 5.82 Å². The van der Waals surface area contributed by atoms with E-state index in [1.807, 2.05) is 0 Å². The molecule has 0 radical (unpaired) electrons. The Labute approximate surface area is 190 Å². The predicted octanol–water partition coefficient (Wildman–Crippen LogP) is 2.57. The summed E-state index contributed by atoms with van der Waals surface area (Å²) < 4.78 is 49.7. The minimum absolute atomic E-state index is 0.137. The van der Waals surface area contributed by atoms with Crippen LogP contribution in [-0.4, -0.2) is 56.8 Å². The number of nitrogens with one attached hydrogen (secondary N) is 1. The Morgan fingerprint density at radius 2 is 1.85 bits per heavy atom. The van der Waals surface area contributed by atoms with E-state index in [2.05, 4.69) is 5.32 Å². The molecule has 0 saturated heterocycles. The summed E-state index contributed by atoms with van der Waals surface area (Å²) in [5.74, 6) is -3.13. The Balaban J connectivity index is 2.16. The summed E-state index contributed by atoms with van der Waals surface area (Å²) >= 11 is 0. The molecule has 1 heterocycles. The van der Waals surface area contributed by atoms with Crippen LogP contribution >= 0.6 is 0 Å². The first-order valence-corrected chi connectivity index (χ1v) is 12.0. The van der Waals surface area contributed by atoms with Gasteiger partial charge in [0.15, 0.2) is 11.5 Å². The van der Waals surface area contributed by atoms with E-state index < -0.39 is 50.9 Å². The van der Waals surface area contributed by atoms with Crippen LogP contribution in [0.3, 0.4) is 0 Å². The monoisotopic (exact) mass is 478 g/mol. The molecule has 2 aromatic carbocycles. The number of sulfone groups is 1. The lowest BCUT2D eigenvalue weighted by Crippen LogP contribution is -2.37. The fraction of sp³-hybridized carbons (Fsp3) is 0.318. The van der Waals surface area contributed by atoms with Gasteiger partial charge in [0.1, 0.15) is 15.7 Å². The Morgan fingerprint density at radius 1 is 1.15 bits per heavy atom. The molecule has 1 unspecified atom stereocenters. The molecule has 2 aromatic rings. The summed E-state index contributed by atoms with van der Waals surface area (Å²) in [6.07, 6.45) is 0.980. The molecule has 9 nitrogen and oxygen atoms in total. The summed E-state index contributed by atoms with van der Waals surface area (Å²) in [5, 5.41) is 2.24. The number of hydrogen-bond donors (Lipinski definition) is 1. The van der Waals surface area contributed by atoms with E-state index in [9.17, 15) is 27.2 Å². The van der Waals surface area contributed by atoms with Gasteiger partial charge in [-0.25, -0.2) is 12.8 Å². The maximum absolute atomic E-state index is 14.4. The number of ether oxygens (including phenoxy) is 2. The molecule has 33 heavy (non-hydrogen) atoms. The van der Waals surface area contributed by atoms with Crippen LogP contribution in [0.4, 0.5) is 10.1 Å². The van der Waals surface area contributed by atoms with Crippen LogP contribution in [0.1, 0.15) is 46.2 Å². The van der Waals surface area contributed by atoms with Gasteiger partial charge in [0.25, 0.3) is 11.8 Å². The molecular formula is C22H23FN2O7S. The molecule has 0 saturated carbocycles. The SMILES string of the molecule is CCOc1cc(C(CS(C)(=O)=O)N2C(=O)c3ccc(F)c(NC(C)=O)c3C2=O)ccc1OC. The topological polar surface area (TPSA) is 119 Å². The van der Waals surface area contributed by atoms with Crippen molar-refractivity contribution in [1.29, 1.82) is 0 Å². The lowest BCUT2D eigenvalue weighted by atomic mass is 10.1. The molecule has 0 fully saturated rings. The molecule has 1 aliphatic heterocycles. The highest BCUT2D eigenvalue weighted by atomic mass is 32.2. The number of hydrogen-bond acceptors (Lipinski definition) is 7. The van der Waals surface area contributed by atoms with Gasteiger partial charge < -0.3 is 14.8 Å². The summed E-state index contributed by atoms with van der Waals surface area (Å²) in [6.45, 7) is 3.18. The molecule has 0 aliphatic carbocycles. The Bertz CT molecular complexity index is 1240. The van der Waals surface area contributed by atoms with Crippen molar-refractivity contribution < 1.29 is 36.7 Å². The number of nitrogens with zero attached hydrogens (tertiary/aromatic N) is 1. The van der Waals surface area contributed by atoms with E-state index in [-0.39, 0.29) is 11.1 Å². The van der Waals surface area contributed by atoms with Crippen LogP contribution in [-0.2, 0) is 14.6 Å². The zero-order valence-electron chi connectivity index (χ0n) is 18.5. The number of carbonyl (C=O) groups excluding carboxylic acids is 3. The summed E-state index contributed by atoms with van der Waals surface area (Å²) in [7, 11) is -2.24. The number of carbonyl (C=O) groups is 3. The number of fused-ring (bicyclic) bond motifs is 1. The molecule has 1 aliphatic rings. The van der Waals surface area contributed by atoms with E-state index in [4.69, 9.17) is 9.47 Å². The average Bonchev–Trinajstić information content (AvgIpc) is 2.98. The Kier molecular flexibility index (Phi) is 6.73. The second-order valence-electron chi connectivity index (χ2n) is 7.46. The van der Waals surface area contributed by atoms with Crippen LogP contribution < -0.4 is 14.8 Å². The van der Waals surface area contributed by atoms with Gasteiger partial charge in [0, 0.05) is 13.2 Å². The van der Waals surface area contributed by atoms with E-state index in [0.717, 1.165) is 30.2 Å². The molecule has 0 aromatic heterocycles. The van der Waals surface area contributed by atoms with Gasteiger partial charge in [-0.15, -0.1) is 0 Å². The lowest BCUT2D eigenvalue weighted by molar-refractivity contribution is -0.114. The van der Waals surface area contributed by atoms with Gasteiger partial charge in [-0.1, -0.05) is 6.07 Å². The maximum atomic E-state index is 14.4. The molecule has 0 bridgehead atoms. The highest BCUT2D eigenvalue weighted by molar-refractivity contribution is 7.90. The third-order valence-corrected chi connectivity index (χ3v) is 5.90. The van der Waals surface area contributed by atoms with Crippen molar-refractivity contribution in [2.24, 2.45) is 0 Å². The van der Waals surface area contributed by atoms with Crippen LogP contribution in [0.15, 0.2) is 30.3 Å². The van der Waals surface area contributed by atoms with Crippen molar-refractivity contribution in [2.75, 3.05) is 31.0 Å². The smallest absolute Gasteiger partial charge is 0.264 e. The van der Waals surface area contributed by atoms with E-state index in [0.29, 0.717) is 23.7 Å². The van der Waals surface area contributed by atoms with Crippen molar-refractivity contribution in [3.05, 3.63) is 52.8 Å². The van der Waals surface area contributed by atoms with Crippen molar-refractivity contribution >= 4 is 33.2 Å². The zero-order valence-corrected chi connectivity index (χ0v) is 19.3. The summed E-state index contributed by atoms with van der Waals surface area (Å²) in [6, 6.07) is 5.42. The highest BCUT2D eigenvalue weighted by Crippen LogP contribution is 2.39. The van der Waals surface area contributed by atoms with E-state index >= 15 is 0 Å². The highest BCUT2D eigenvalue weighted by Gasteiger charge is 2.44. The van der Waals surface area contributed by atoms with E-state index in [1.54, 1.807) is 6.92 Å². The molecule has 0 spiro atoms. The first kappa shape index (κ1) is 24.2. The first-order valence-electron chi connectivity index (χ1n) is 9.94. The van der Waals surface area contributed by atoms with Gasteiger partial charge in [-0.3, -0.25) is 19.3 Å². The molecular weight excluding hydrogens is 455 g/mol. The van der Waals surface area contributed by atoms with Gasteiger partial charge >= 0.3 is 0 Å². The van der Waals surface area contributed by atoms with Gasteiger partial charge in [0.05, 0.1) is 42.3 Å². The second-order valence-corrected chi connectivity index (χ2v) is 9.64. The van der Waals surface area contributed by atoms with Crippen LogP contribution in [0.25, 0.3) is 0 Å². The Hall–Kier alpha value is -3.47. The van der Waals surface area contributed by atoms with Crippen LogP contribution in [0.2, 0.25) is 0 Å². The van der Waals surface area contributed by atoms with Crippen molar-refractivity contribution in [2.45, 2.75) is 19.9 Å². The largest absolute Gasteiger partial charge is 0.493 e. The third-order valence-electron chi connectivity index (χ3n) is 4.98. The third kappa shape index (κ3) is 4.82. The fourth-order valence-corrected chi connectivity index (χ4v) is 4.59. The van der Waals surface area contributed by atoms with Crippen molar-refractivity contribution in [3.8, 4) is 11.5 Å². The fourth-order valence-electron chi connectivity index (χ4n) is 3.68. The average molecular weight is 478 g/mol. The number of benzene rings is 2.